The Labute approximate surface area is 254 Å². The van der Waals surface area contributed by atoms with E-state index in [0.717, 1.165) is 10.9 Å². The summed E-state index contributed by atoms with van der Waals surface area (Å²) < 4.78 is 14.4. The predicted octanol–water partition coefficient (Wildman–Crippen LogP) is 6.25. The van der Waals surface area contributed by atoms with E-state index < -0.39 is 11.9 Å². The van der Waals surface area contributed by atoms with Gasteiger partial charge in [-0.3, -0.25) is 19.0 Å². The fourth-order valence-electron chi connectivity index (χ4n) is 5.32. The van der Waals surface area contributed by atoms with Crippen LogP contribution in [0.1, 0.15) is 44.2 Å². The minimum absolute atomic E-state index is 0.0485. The molecule has 0 fully saturated rings. The van der Waals surface area contributed by atoms with Crippen LogP contribution in [0.5, 0.6) is 5.75 Å². The van der Waals surface area contributed by atoms with Crippen molar-refractivity contribution in [2.24, 2.45) is 13.0 Å². The molecule has 0 amide bonds. The molecule has 0 bridgehead atoms. The van der Waals surface area contributed by atoms with Gasteiger partial charge in [0.25, 0.3) is 5.91 Å². The third-order valence-corrected chi connectivity index (χ3v) is 7.88. The highest BCUT2D eigenvalue weighted by molar-refractivity contribution is 6.30. The van der Waals surface area contributed by atoms with Crippen molar-refractivity contribution in [1.82, 2.24) is 14.1 Å². The van der Waals surface area contributed by atoms with Crippen LogP contribution in [0.2, 0.25) is 5.02 Å². The number of hydrogen-bond donors (Lipinski definition) is 0. The van der Waals surface area contributed by atoms with Crippen molar-refractivity contribution in [3.8, 4) is 5.75 Å². The number of nitrogens with zero attached hydrogens (tertiary/aromatic N) is 3. The Morgan fingerprint density at radius 1 is 1.00 bits per heavy atom. The highest BCUT2D eigenvalue weighted by Gasteiger charge is 2.26. The molecule has 2 heterocycles. The molecular formula is C34H32ClN3O5. The molecule has 0 radical (unpaired) electrons. The van der Waals surface area contributed by atoms with Crippen LogP contribution in [0.3, 0.4) is 0 Å². The Balaban J connectivity index is 1.35. The maximum atomic E-state index is 13.6. The van der Waals surface area contributed by atoms with E-state index >= 15 is 0 Å². The molecule has 0 aliphatic rings. The monoisotopic (exact) mass is 597 g/mol. The van der Waals surface area contributed by atoms with E-state index in [2.05, 4.69) is 4.98 Å². The first-order chi connectivity index (χ1) is 20.8. The van der Waals surface area contributed by atoms with Gasteiger partial charge in [-0.25, -0.2) is 4.98 Å². The van der Waals surface area contributed by atoms with Crippen molar-refractivity contribution in [3.05, 3.63) is 118 Å². The number of carbonyl (C=O) groups excluding carboxylic acids is 3. The summed E-state index contributed by atoms with van der Waals surface area (Å²) in [7, 11) is 3.35. The zero-order valence-electron chi connectivity index (χ0n) is 24.2. The highest BCUT2D eigenvalue weighted by Crippen LogP contribution is 2.31. The molecular weight excluding hydrogens is 566 g/mol. The molecule has 1 unspecified atom stereocenters. The molecule has 0 saturated carbocycles. The van der Waals surface area contributed by atoms with E-state index in [4.69, 9.17) is 21.1 Å². The number of rotatable bonds is 11. The summed E-state index contributed by atoms with van der Waals surface area (Å²) >= 11 is 6.03. The van der Waals surface area contributed by atoms with Crippen LogP contribution >= 0.6 is 11.6 Å². The summed E-state index contributed by atoms with van der Waals surface area (Å²) in [6.45, 7) is 1.88. The average molecular weight is 598 g/mol. The minimum Gasteiger partial charge on any atom is -0.497 e. The summed E-state index contributed by atoms with van der Waals surface area (Å²) in [5.41, 5.74) is 3.45. The smallest absolute Gasteiger partial charge is 0.310 e. The molecule has 5 aromatic rings. The van der Waals surface area contributed by atoms with Crippen LogP contribution in [0.25, 0.3) is 10.9 Å². The van der Waals surface area contributed by atoms with E-state index in [9.17, 15) is 14.4 Å². The molecule has 8 nitrogen and oxygen atoms in total. The van der Waals surface area contributed by atoms with E-state index in [1.807, 2.05) is 43.3 Å². The summed E-state index contributed by atoms with van der Waals surface area (Å²) in [5, 5.41) is 1.26. The number of Topliss-reactive ketones (excluding diaryl/α,β-unsaturated/α-hetero) is 1. The van der Waals surface area contributed by atoms with E-state index in [0.29, 0.717) is 51.8 Å². The molecule has 3 aromatic carbocycles. The van der Waals surface area contributed by atoms with Crippen molar-refractivity contribution in [1.29, 1.82) is 0 Å². The standard InChI is InChI=1S/C34H32ClN3O5/c1-22-28(29-20-27(42-3)13-14-30(29)38(22)34(41)24-9-11-26(35)12-10-24)21-31(39)43-18-15-25(19-23-7-5-4-6-8-23)32(40)33-36-16-17-37(33)2/h4-14,16-17,20,25H,15,18-19,21H2,1-3H3. The van der Waals surface area contributed by atoms with Gasteiger partial charge >= 0.3 is 5.97 Å². The van der Waals surface area contributed by atoms with E-state index in [-0.39, 0.29) is 24.7 Å². The van der Waals surface area contributed by atoms with Crippen molar-refractivity contribution in [3.63, 3.8) is 0 Å². The van der Waals surface area contributed by atoms with Crippen LogP contribution in [-0.2, 0) is 29.4 Å². The molecule has 43 heavy (non-hydrogen) atoms. The number of ether oxygens (including phenoxy) is 2. The Bertz CT molecular complexity index is 1770. The van der Waals surface area contributed by atoms with Crippen LogP contribution in [0, 0.1) is 12.8 Å². The number of halogens is 1. The SMILES string of the molecule is COc1ccc2c(c1)c(CC(=O)OCCC(Cc1ccccc1)C(=O)c1nccn1C)c(C)n2C(=O)c1ccc(Cl)cc1. The Kier molecular flexibility index (Phi) is 9.07. The number of esters is 1. The van der Waals surface area contributed by atoms with Gasteiger partial charge in [-0.05, 0) is 73.4 Å². The lowest BCUT2D eigenvalue weighted by atomic mass is 9.92. The average Bonchev–Trinajstić information content (AvgIpc) is 3.56. The molecule has 0 spiro atoms. The first kappa shape index (κ1) is 29.8. The lowest BCUT2D eigenvalue weighted by Gasteiger charge is -2.16. The van der Waals surface area contributed by atoms with Gasteiger partial charge in [-0.1, -0.05) is 41.9 Å². The minimum atomic E-state index is -0.452. The maximum absolute atomic E-state index is 13.6. The number of fused-ring (bicyclic) bond motifs is 1. The zero-order chi connectivity index (χ0) is 30.5. The topological polar surface area (TPSA) is 92.4 Å². The van der Waals surface area contributed by atoms with Gasteiger partial charge < -0.3 is 14.0 Å². The predicted molar refractivity (Wildman–Crippen MR) is 165 cm³/mol. The van der Waals surface area contributed by atoms with Crippen LogP contribution in [0.4, 0.5) is 0 Å². The largest absolute Gasteiger partial charge is 0.497 e. The van der Waals surface area contributed by atoms with Gasteiger partial charge in [0, 0.05) is 47.0 Å². The van der Waals surface area contributed by atoms with E-state index in [1.54, 1.807) is 72.1 Å². The second kappa shape index (κ2) is 13.1. The quantitative estimate of drug-likeness (QED) is 0.132. The number of imidazole rings is 1. The molecule has 0 aliphatic heterocycles. The molecule has 0 N–H and O–H groups in total. The molecule has 0 saturated heterocycles. The molecule has 2 aromatic heterocycles. The first-order valence-corrected chi connectivity index (χ1v) is 14.3. The van der Waals surface area contributed by atoms with Crippen LogP contribution < -0.4 is 4.74 Å². The normalized spacial score (nSPS) is 11.8. The molecule has 0 aliphatic carbocycles. The lowest BCUT2D eigenvalue weighted by Crippen LogP contribution is -2.23. The van der Waals surface area contributed by atoms with Gasteiger partial charge in [0.1, 0.15) is 5.75 Å². The molecule has 1 atom stereocenters. The number of carbonyl (C=O) groups is 3. The van der Waals surface area contributed by atoms with Gasteiger partial charge in [-0.2, -0.15) is 0 Å². The fraction of sp³-hybridized carbons (Fsp3) is 0.235. The third-order valence-electron chi connectivity index (χ3n) is 7.62. The summed E-state index contributed by atoms with van der Waals surface area (Å²) in [6, 6.07) is 21.8. The molecule has 9 heteroatoms. The molecule has 5 rings (SSSR count). The number of aromatic nitrogens is 3. The lowest BCUT2D eigenvalue weighted by molar-refractivity contribution is -0.143. The van der Waals surface area contributed by atoms with Gasteiger partial charge in [-0.15, -0.1) is 0 Å². The van der Waals surface area contributed by atoms with E-state index in [1.165, 1.54) is 0 Å². The highest BCUT2D eigenvalue weighted by atomic mass is 35.5. The summed E-state index contributed by atoms with van der Waals surface area (Å²) in [6.07, 6.45) is 4.13. The molecule has 220 valence electrons. The summed E-state index contributed by atoms with van der Waals surface area (Å²) in [5.74, 6) is -0.225. The van der Waals surface area contributed by atoms with Crippen LogP contribution in [0.15, 0.2) is 85.2 Å². The third kappa shape index (κ3) is 6.54. The Morgan fingerprint density at radius 3 is 2.42 bits per heavy atom. The van der Waals surface area contributed by atoms with Crippen molar-refractivity contribution in [2.75, 3.05) is 13.7 Å². The Hall–Kier alpha value is -4.69. The first-order valence-electron chi connectivity index (χ1n) is 14.0. The number of methoxy groups -OCH3 is 1. The maximum Gasteiger partial charge on any atom is 0.310 e. The van der Waals surface area contributed by atoms with Crippen molar-refractivity contribution < 1.29 is 23.9 Å². The van der Waals surface area contributed by atoms with Gasteiger partial charge in [0.05, 0.1) is 25.7 Å². The number of hydrogen-bond acceptors (Lipinski definition) is 6. The Morgan fingerprint density at radius 2 is 1.74 bits per heavy atom. The zero-order valence-corrected chi connectivity index (χ0v) is 25.0. The van der Waals surface area contributed by atoms with Crippen molar-refractivity contribution in [2.45, 2.75) is 26.2 Å². The van der Waals surface area contributed by atoms with Crippen LogP contribution in [-0.4, -0.2) is 45.5 Å². The summed E-state index contributed by atoms with van der Waals surface area (Å²) in [4.78, 5) is 44.3. The fourth-order valence-corrected chi connectivity index (χ4v) is 5.44. The number of ketones is 1. The van der Waals surface area contributed by atoms with Gasteiger partial charge in [0.2, 0.25) is 5.78 Å². The second-order valence-electron chi connectivity index (χ2n) is 10.4. The van der Waals surface area contributed by atoms with Crippen molar-refractivity contribution >= 4 is 40.2 Å². The number of aryl methyl sites for hydroxylation is 1. The van der Waals surface area contributed by atoms with Gasteiger partial charge in [0.15, 0.2) is 5.82 Å². The second-order valence-corrected chi connectivity index (χ2v) is 10.8. The number of benzene rings is 3.